The Kier molecular flexibility index (Phi) is 17.9. The molecule has 0 radical (unpaired) electrons. The molecule has 0 aliphatic heterocycles. The highest BCUT2D eigenvalue weighted by Gasteiger charge is 2.32. The fraction of sp³-hybridized carbons (Fsp3) is 1.00. The van der Waals surface area contributed by atoms with E-state index in [0.29, 0.717) is 12.8 Å². The predicted octanol–water partition coefficient (Wildman–Crippen LogP) is -2.96. The van der Waals surface area contributed by atoms with Crippen molar-refractivity contribution in [3.8, 4) is 0 Å². The van der Waals surface area contributed by atoms with Crippen molar-refractivity contribution >= 4 is 30.7 Å². The summed E-state index contributed by atoms with van der Waals surface area (Å²) in [6.45, 7) is 0.878. The standard InChI is InChI=1S/C12H31NO6Si2.C3H11NSi/c1-14-9(7-11(20,16-3)17-4)13-10(15-2)8-12(21,18-5)19-6;4-2-1-3-5/h9-10,13H,7-8H2,1-6,20-21H3;1-4H2,5H3. The van der Waals surface area contributed by atoms with Crippen LogP contribution in [0.4, 0.5) is 0 Å². The first kappa shape index (κ1) is 28.5. The van der Waals surface area contributed by atoms with Gasteiger partial charge in [0.2, 0.25) is 0 Å². The van der Waals surface area contributed by atoms with Crippen LogP contribution in [0.5, 0.6) is 0 Å². The molecule has 0 heterocycles. The van der Waals surface area contributed by atoms with Gasteiger partial charge in [-0.1, -0.05) is 6.04 Å². The third-order valence-corrected chi connectivity index (χ3v) is 7.49. The molecular weight excluding hydrogens is 388 g/mol. The van der Waals surface area contributed by atoms with Gasteiger partial charge in [-0.25, -0.2) is 0 Å². The lowest BCUT2D eigenvalue weighted by molar-refractivity contribution is -0.183. The second kappa shape index (κ2) is 16.3. The molecule has 0 spiro atoms. The second-order valence-corrected chi connectivity index (χ2v) is 10.3. The Bertz CT molecular complexity index is 296. The summed E-state index contributed by atoms with van der Waals surface area (Å²) >= 11 is 0. The number of ether oxygens (including phenoxy) is 6. The van der Waals surface area contributed by atoms with Crippen molar-refractivity contribution in [1.29, 1.82) is 0 Å². The molecule has 160 valence electrons. The fourth-order valence-corrected chi connectivity index (χ4v) is 3.16. The van der Waals surface area contributed by atoms with Gasteiger partial charge in [0, 0.05) is 65.7 Å². The Morgan fingerprint density at radius 3 is 1.31 bits per heavy atom. The van der Waals surface area contributed by atoms with E-state index < -0.39 is 10.8 Å². The van der Waals surface area contributed by atoms with Crippen molar-refractivity contribution in [3.05, 3.63) is 0 Å². The molecule has 2 unspecified atom stereocenters. The molecule has 0 amide bonds. The highest BCUT2D eigenvalue weighted by molar-refractivity contribution is 6.13. The summed E-state index contributed by atoms with van der Waals surface area (Å²) in [6, 6.07) is 1.36. The summed E-state index contributed by atoms with van der Waals surface area (Å²) in [6.07, 6.45) is 1.85. The van der Waals surface area contributed by atoms with Crippen LogP contribution in [0.3, 0.4) is 0 Å². The van der Waals surface area contributed by atoms with Gasteiger partial charge < -0.3 is 34.2 Å². The number of methoxy groups -OCH3 is 6. The lowest BCUT2D eigenvalue weighted by Crippen LogP contribution is -2.51. The molecule has 0 saturated heterocycles. The number of nitrogens with one attached hydrogen (secondary N) is 1. The zero-order chi connectivity index (χ0) is 20.6. The number of rotatable bonds is 14. The molecule has 0 aliphatic carbocycles. The van der Waals surface area contributed by atoms with Gasteiger partial charge in [0.15, 0.2) is 0 Å². The number of hydrogen-bond acceptors (Lipinski definition) is 8. The van der Waals surface area contributed by atoms with E-state index in [2.05, 4.69) is 5.32 Å². The summed E-state index contributed by atoms with van der Waals surface area (Å²) in [4.78, 5) is 0. The second-order valence-electron chi connectivity index (χ2n) is 6.25. The highest BCUT2D eigenvalue weighted by atomic mass is 28.2. The maximum absolute atomic E-state index is 5.46. The van der Waals surface area contributed by atoms with Gasteiger partial charge in [-0.15, -0.1) is 0 Å². The molecule has 0 aromatic heterocycles. The van der Waals surface area contributed by atoms with Gasteiger partial charge in [-0.3, -0.25) is 5.32 Å². The Morgan fingerprint density at radius 1 is 0.808 bits per heavy atom. The van der Waals surface area contributed by atoms with Gasteiger partial charge in [0.25, 0.3) is 0 Å². The maximum Gasteiger partial charge on any atom is 0.144 e. The van der Waals surface area contributed by atoms with Crippen LogP contribution in [-0.2, 0) is 28.4 Å². The third kappa shape index (κ3) is 12.7. The monoisotopic (exact) mass is 430 g/mol. The quantitative estimate of drug-likeness (QED) is 0.223. The van der Waals surface area contributed by atoms with E-state index in [1.165, 1.54) is 22.7 Å². The summed E-state index contributed by atoms with van der Waals surface area (Å²) in [5.74, 6) is 0. The molecule has 3 N–H and O–H groups in total. The van der Waals surface area contributed by atoms with Gasteiger partial charge in [0.05, 0.1) is 20.5 Å². The Balaban J connectivity index is 0. The van der Waals surface area contributed by atoms with Crippen molar-refractivity contribution in [2.24, 2.45) is 5.73 Å². The molecule has 8 nitrogen and oxygen atoms in total. The summed E-state index contributed by atoms with van der Waals surface area (Å²) in [5, 5.41) is 3.28. The van der Waals surface area contributed by atoms with Gasteiger partial charge in [-0.05, 0) is 13.0 Å². The van der Waals surface area contributed by atoms with E-state index in [0.717, 1.165) is 27.0 Å². The first-order valence-corrected chi connectivity index (χ1v) is 12.4. The fourth-order valence-electron chi connectivity index (χ4n) is 2.01. The van der Waals surface area contributed by atoms with Crippen LogP contribution in [0.25, 0.3) is 0 Å². The minimum atomic E-state index is -0.591. The van der Waals surface area contributed by atoms with E-state index in [1.54, 1.807) is 42.7 Å². The summed E-state index contributed by atoms with van der Waals surface area (Å²) in [5.41, 5.74) is 3.98. The van der Waals surface area contributed by atoms with Gasteiger partial charge >= 0.3 is 0 Å². The van der Waals surface area contributed by atoms with Crippen molar-refractivity contribution in [1.82, 2.24) is 5.32 Å². The van der Waals surface area contributed by atoms with Crippen LogP contribution in [0.2, 0.25) is 6.04 Å². The smallest absolute Gasteiger partial charge is 0.144 e. The summed E-state index contributed by atoms with van der Waals surface area (Å²) in [7, 11) is 12.6. The normalized spacial score (nSPS) is 14.9. The number of hydrogen-bond donors (Lipinski definition) is 2. The summed E-state index contributed by atoms with van der Waals surface area (Å²) < 4.78 is 32.6. The molecule has 0 fully saturated rings. The Morgan fingerprint density at radius 2 is 1.15 bits per heavy atom. The minimum absolute atomic E-state index is 0.257. The van der Waals surface area contributed by atoms with Crippen LogP contribution in [-0.4, -0.2) is 103 Å². The van der Waals surface area contributed by atoms with Gasteiger partial charge in [-0.2, -0.15) is 0 Å². The lowest BCUT2D eigenvalue weighted by atomic mass is 10.3. The van der Waals surface area contributed by atoms with Crippen LogP contribution >= 0.6 is 0 Å². The van der Waals surface area contributed by atoms with Crippen molar-refractivity contribution < 1.29 is 28.4 Å². The van der Waals surface area contributed by atoms with Crippen molar-refractivity contribution in [2.75, 3.05) is 49.2 Å². The molecule has 0 saturated carbocycles. The highest BCUT2D eigenvalue weighted by Crippen LogP contribution is 2.18. The SMILES string of the molecule is COC(CC([SiH3])(OC)OC)NC(CC([SiH3])(OC)OC)OC.NCCC[SiH3]. The zero-order valence-electron chi connectivity index (χ0n) is 18.2. The van der Waals surface area contributed by atoms with E-state index in [4.69, 9.17) is 34.2 Å². The molecule has 0 bridgehead atoms. The average molecular weight is 431 g/mol. The molecule has 26 heavy (non-hydrogen) atoms. The first-order chi connectivity index (χ1) is 12.2. The van der Waals surface area contributed by atoms with E-state index in [1.807, 2.05) is 0 Å². The van der Waals surface area contributed by atoms with E-state index in [9.17, 15) is 0 Å². The van der Waals surface area contributed by atoms with Crippen LogP contribution in [0, 0.1) is 0 Å². The topological polar surface area (TPSA) is 93.4 Å². The predicted molar refractivity (Wildman–Crippen MR) is 116 cm³/mol. The van der Waals surface area contributed by atoms with Crippen LogP contribution < -0.4 is 11.1 Å². The zero-order valence-corrected chi connectivity index (χ0v) is 24.2. The lowest BCUT2D eigenvalue weighted by Gasteiger charge is -2.35. The van der Waals surface area contributed by atoms with Crippen LogP contribution in [0.1, 0.15) is 19.3 Å². The van der Waals surface area contributed by atoms with E-state index >= 15 is 0 Å². The first-order valence-electron chi connectivity index (χ1n) is 8.95. The van der Waals surface area contributed by atoms with Crippen LogP contribution in [0.15, 0.2) is 0 Å². The average Bonchev–Trinajstić information content (AvgIpc) is 2.67. The molecule has 2 atom stereocenters. The largest absolute Gasteiger partial charge is 0.366 e. The van der Waals surface area contributed by atoms with Crippen molar-refractivity contribution in [3.63, 3.8) is 0 Å². The van der Waals surface area contributed by atoms with Crippen molar-refractivity contribution in [2.45, 2.75) is 48.6 Å². The Hall–Kier alpha value is 0.331. The maximum atomic E-state index is 5.46. The molecule has 0 rings (SSSR count). The van der Waals surface area contributed by atoms with Gasteiger partial charge in [0.1, 0.15) is 23.3 Å². The minimum Gasteiger partial charge on any atom is -0.366 e. The Labute approximate surface area is 168 Å². The number of nitrogens with two attached hydrogens (primary N) is 1. The van der Waals surface area contributed by atoms with E-state index in [-0.39, 0.29) is 12.5 Å². The molecule has 0 aromatic rings. The third-order valence-electron chi connectivity index (χ3n) is 4.34. The molecular formula is C15H42N2O6Si3. The molecule has 0 aromatic carbocycles. The molecule has 11 heteroatoms. The molecule has 0 aliphatic rings.